The molecule has 0 amide bonds. The summed E-state index contributed by atoms with van der Waals surface area (Å²) in [5.41, 5.74) is 0.347. The van der Waals surface area contributed by atoms with Crippen LogP contribution in [-0.2, 0) is 0 Å². The lowest BCUT2D eigenvalue weighted by atomic mass is 10.4. The molecule has 0 aliphatic heterocycles. The fourth-order valence-electron chi connectivity index (χ4n) is 1.21. The lowest BCUT2D eigenvalue weighted by Gasteiger charge is -2.04. The van der Waals surface area contributed by atoms with Crippen LogP contribution in [0.2, 0.25) is 0 Å². The summed E-state index contributed by atoms with van der Waals surface area (Å²) in [5.74, 6) is -0.325. The molecule has 2 aromatic heterocycles. The summed E-state index contributed by atoms with van der Waals surface area (Å²) in [7, 11) is 2.95. The van der Waals surface area contributed by atoms with Crippen molar-refractivity contribution < 1.29 is 19.4 Å². The highest BCUT2D eigenvalue weighted by molar-refractivity contribution is 7.20. The van der Waals surface area contributed by atoms with Crippen LogP contribution < -0.4 is 9.47 Å². The predicted molar refractivity (Wildman–Crippen MR) is 57.5 cm³/mol. The maximum absolute atomic E-state index is 10.7. The zero-order valence-corrected chi connectivity index (χ0v) is 9.37. The van der Waals surface area contributed by atoms with Crippen molar-refractivity contribution in [1.82, 2.24) is 9.97 Å². The van der Waals surface area contributed by atoms with E-state index < -0.39 is 5.97 Å². The van der Waals surface area contributed by atoms with Crippen molar-refractivity contribution in [2.24, 2.45) is 0 Å². The third kappa shape index (κ3) is 1.65. The van der Waals surface area contributed by atoms with E-state index in [0.717, 1.165) is 11.3 Å². The maximum Gasteiger partial charge on any atom is 0.365 e. The molecule has 2 aromatic rings. The average molecular weight is 240 g/mol. The largest absolute Gasteiger partial charge is 0.491 e. The van der Waals surface area contributed by atoms with Crippen LogP contribution in [0.3, 0.4) is 0 Å². The number of methoxy groups -OCH3 is 2. The highest BCUT2D eigenvalue weighted by atomic mass is 32.1. The number of fused-ring (bicyclic) bond motifs is 1. The highest BCUT2D eigenvalue weighted by Crippen LogP contribution is 2.31. The Morgan fingerprint density at radius 3 is 2.69 bits per heavy atom. The van der Waals surface area contributed by atoms with E-state index in [-0.39, 0.29) is 10.9 Å². The van der Waals surface area contributed by atoms with Crippen molar-refractivity contribution in [3.8, 4) is 11.6 Å². The number of aromatic carboxylic acids is 1. The van der Waals surface area contributed by atoms with Crippen LogP contribution in [0, 0.1) is 0 Å². The Kier molecular flexibility index (Phi) is 2.61. The first-order chi connectivity index (χ1) is 7.65. The number of carboxylic acids is 1. The van der Waals surface area contributed by atoms with Crippen molar-refractivity contribution in [3.63, 3.8) is 0 Å². The van der Waals surface area contributed by atoms with E-state index in [0.29, 0.717) is 16.1 Å². The Morgan fingerprint density at radius 1 is 1.38 bits per heavy atom. The molecule has 0 unspecified atom stereocenters. The summed E-state index contributed by atoms with van der Waals surface area (Å²) < 4.78 is 10.7. The van der Waals surface area contributed by atoms with Gasteiger partial charge < -0.3 is 14.6 Å². The number of thiazole rings is 1. The number of ether oxygens (including phenoxy) is 2. The first-order valence-corrected chi connectivity index (χ1v) is 5.10. The van der Waals surface area contributed by atoms with Crippen LogP contribution in [0.1, 0.15) is 9.80 Å². The van der Waals surface area contributed by atoms with Gasteiger partial charge >= 0.3 is 5.97 Å². The topological polar surface area (TPSA) is 81.5 Å². The molecule has 2 rings (SSSR count). The molecule has 0 aliphatic carbocycles. The summed E-state index contributed by atoms with van der Waals surface area (Å²) in [6, 6.07) is 1.66. The molecule has 0 fully saturated rings. The standard InChI is InChI=1S/C9H8N2O4S/c1-14-4-3-5-6(10-7(4)15-2)11-8(16-5)9(12)13/h3H,1-2H3,(H,12,13). The zero-order valence-electron chi connectivity index (χ0n) is 8.55. The molecule has 2 heterocycles. The maximum atomic E-state index is 10.7. The van der Waals surface area contributed by atoms with E-state index in [1.54, 1.807) is 6.07 Å². The Balaban J connectivity index is 2.64. The van der Waals surface area contributed by atoms with Crippen LogP contribution in [0.15, 0.2) is 6.07 Å². The van der Waals surface area contributed by atoms with Crippen LogP contribution in [-0.4, -0.2) is 35.3 Å². The van der Waals surface area contributed by atoms with Gasteiger partial charge in [0.25, 0.3) is 5.88 Å². The molecular formula is C9H8N2O4S. The molecule has 0 saturated carbocycles. The Morgan fingerprint density at radius 2 is 2.12 bits per heavy atom. The second-order valence-corrected chi connectivity index (χ2v) is 3.88. The van der Waals surface area contributed by atoms with Gasteiger partial charge in [0.1, 0.15) is 0 Å². The molecule has 1 N–H and O–H groups in total. The molecule has 0 aliphatic rings. The molecule has 6 nitrogen and oxygen atoms in total. The summed E-state index contributed by atoms with van der Waals surface area (Å²) in [6.07, 6.45) is 0. The second-order valence-electron chi connectivity index (χ2n) is 2.85. The van der Waals surface area contributed by atoms with Gasteiger partial charge in [-0.25, -0.2) is 9.78 Å². The first-order valence-electron chi connectivity index (χ1n) is 4.28. The van der Waals surface area contributed by atoms with Crippen molar-refractivity contribution in [2.75, 3.05) is 14.2 Å². The molecule has 0 aromatic carbocycles. The van der Waals surface area contributed by atoms with Gasteiger partial charge in [0.2, 0.25) is 5.01 Å². The molecule has 84 valence electrons. The number of rotatable bonds is 3. The van der Waals surface area contributed by atoms with Crippen LogP contribution in [0.25, 0.3) is 10.3 Å². The lowest BCUT2D eigenvalue weighted by Crippen LogP contribution is -1.95. The van der Waals surface area contributed by atoms with Gasteiger partial charge in [-0.05, 0) is 0 Å². The number of hydrogen-bond donors (Lipinski definition) is 1. The van der Waals surface area contributed by atoms with E-state index in [1.807, 2.05) is 0 Å². The molecule has 0 saturated heterocycles. The van der Waals surface area contributed by atoms with Gasteiger partial charge in [-0.15, -0.1) is 11.3 Å². The van der Waals surface area contributed by atoms with Crippen molar-refractivity contribution in [3.05, 3.63) is 11.1 Å². The van der Waals surface area contributed by atoms with Crippen LogP contribution in [0.4, 0.5) is 0 Å². The van der Waals surface area contributed by atoms with Crippen molar-refractivity contribution in [1.29, 1.82) is 0 Å². The minimum atomic E-state index is -1.07. The summed E-state index contributed by atoms with van der Waals surface area (Å²) in [6.45, 7) is 0. The normalized spacial score (nSPS) is 10.4. The lowest BCUT2D eigenvalue weighted by molar-refractivity contribution is 0.0696. The fraction of sp³-hybridized carbons (Fsp3) is 0.222. The molecule has 0 bridgehead atoms. The molecule has 0 atom stereocenters. The average Bonchev–Trinajstić information content (AvgIpc) is 2.69. The Hall–Kier alpha value is -1.89. The molecule has 0 spiro atoms. The number of aromatic nitrogens is 2. The van der Waals surface area contributed by atoms with Crippen molar-refractivity contribution >= 4 is 27.7 Å². The van der Waals surface area contributed by atoms with Gasteiger partial charge in [-0.3, -0.25) is 0 Å². The summed E-state index contributed by atoms with van der Waals surface area (Å²) in [5, 5.41) is 8.79. The van der Waals surface area contributed by atoms with Gasteiger partial charge in [-0.1, -0.05) is 0 Å². The minimum absolute atomic E-state index is 0.00203. The third-order valence-corrected chi connectivity index (χ3v) is 2.89. The quantitative estimate of drug-likeness (QED) is 0.873. The predicted octanol–water partition coefficient (Wildman–Crippen LogP) is 1.41. The monoisotopic (exact) mass is 240 g/mol. The molecule has 0 radical (unpaired) electrons. The fourth-order valence-corrected chi connectivity index (χ4v) is 1.99. The minimum Gasteiger partial charge on any atom is -0.491 e. The van der Waals surface area contributed by atoms with E-state index in [1.165, 1.54) is 14.2 Å². The smallest absolute Gasteiger partial charge is 0.365 e. The number of nitrogens with zero attached hydrogens (tertiary/aromatic N) is 2. The van der Waals surface area contributed by atoms with Crippen LogP contribution in [0.5, 0.6) is 11.6 Å². The molecule has 7 heteroatoms. The Bertz CT molecular complexity index is 511. The summed E-state index contributed by atoms with van der Waals surface area (Å²) >= 11 is 1.05. The SMILES string of the molecule is COc1cc2sc(C(=O)O)nc2nc1OC. The molecule has 16 heavy (non-hydrogen) atoms. The van der Waals surface area contributed by atoms with Gasteiger partial charge in [0.05, 0.1) is 18.9 Å². The number of hydrogen-bond acceptors (Lipinski definition) is 6. The van der Waals surface area contributed by atoms with Gasteiger partial charge in [0, 0.05) is 6.07 Å². The second kappa shape index (κ2) is 3.93. The number of pyridine rings is 1. The Labute approximate surface area is 94.5 Å². The van der Waals surface area contributed by atoms with Crippen molar-refractivity contribution in [2.45, 2.75) is 0 Å². The number of carboxylic acid groups (broad SMARTS) is 1. The van der Waals surface area contributed by atoms with E-state index >= 15 is 0 Å². The third-order valence-electron chi connectivity index (χ3n) is 1.91. The van der Waals surface area contributed by atoms with E-state index in [4.69, 9.17) is 14.6 Å². The first kappa shape index (κ1) is 10.6. The van der Waals surface area contributed by atoms with Crippen LogP contribution >= 0.6 is 11.3 Å². The van der Waals surface area contributed by atoms with E-state index in [2.05, 4.69) is 9.97 Å². The van der Waals surface area contributed by atoms with Gasteiger partial charge in [-0.2, -0.15) is 4.98 Å². The number of carbonyl (C=O) groups is 1. The zero-order chi connectivity index (χ0) is 11.7. The van der Waals surface area contributed by atoms with Gasteiger partial charge in [0.15, 0.2) is 11.4 Å². The molecular weight excluding hydrogens is 232 g/mol. The summed E-state index contributed by atoms with van der Waals surface area (Å²) in [4.78, 5) is 18.7. The highest BCUT2D eigenvalue weighted by Gasteiger charge is 2.15. The van der Waals surface area contributed by atoms with E-state index in [9.17, 15) is 4.79 Å².